The summed E-state index contributed by atoms with van der Waals surface area (Å²) < 4.78 is 14.1. The van der Waals surface area contributed by atoms with Crippen molar-refractivity contribution in [3.63, 3.8) is 0 Å². The van der Waals surface area contributed by atoms with Crippen LogP contribution in [0.2, 0.25) is 10.2 Å². The first-order chi connectivity index (χ1) is 9.95. The van der Waals surface area contributed by atoms with Gasteiger partial charge in [-0.25, -0.2) is 14.4 Å². The molecular formula is C16H11Cl2FN2. The number of rotatable bonds is 1. The highest BCUT2D eigenvalue weighted by atomic mass is 35.5. The number of hydrogen-bond donors (Lipinski definition) is 0. The molecule has 0 saturated carbocycles. The van der Waals surface area contributed by atoms with Gasteiger partial charge in [-0.15, -0.1) is 0 Å². The summed E-state index contributed by atoms with van der Waals surface area (Å²) in [5.74, 6) is -0.149. The third-order valence-corrected chi connectivity index (χ3v) is 3.79. The average molecular weight is 321 g/mol. The molecule has 1 heterocycles. The summed E-state index contributed by atoms with van der Waals surface area (Å²) in [6, 6.07) is 8.54. The summed E-state index contributed by atoms with van der Waals surface area (Å²) in [5.41, 5.74) is 2.63. The summed E-state index contributed by atoms with van der Waals surface area (Å²) in [6.45, 7) is 3.73. The van der Waals surface area contributed by atoms with Gasteiger partial charge in [0, 0.05) is 5.39 Å². The maximum absolute atomic E-state index is 14.1. The van der Waals surface area contributed by atoms with Crippen LogP contribution in [-0.4, -0.2) is 9.97 Å². The van der Waals surface area contributed by atoms with E-state index in [1.165, 1.54) is 6.07 Å². The zero-order valence-corrected chi connectivity index (χ0v) is 12.9. The first-order valence-corrected chi connectivity index (χ1v) is 7.11. The molecule has 0 saturated heterocycles. The van der Waals surface area contributed by atoms with Gasteiger partial charge in [-0.2, -0.15) is 0 Å². The quantitative estimate of drug-likeness (QED) is 0.564. The van der Waals surface area contributed by atoms with Crippen LogP contribution in [0.5, 0.6) is 0 Å². The van der Waals surface area contributed by atoms with E-state index in [0.717, 1.165) is 11.1 Å². The molecule has 3 rings (SSSR count). The number of aromatic nitrogens is 2. The fraction of sp³-hybridized carbons (Fsp3) is 0.125. The molecule has 0 aliphatic carbocycles. The van der Waals surface area contributed by atoms with Gasteiger partial charge in [0.25, 0.3) is 0 Å². The highest BCUT2D eigenvalue weighted by Gasteiger charge is 2.14. The minimum absolute atomic E-state index is 0.232. The van der Waals surface area contributed by atoms with E-state index in [0.29, 0.717) is 21.5 Å². The number of benzene rings is 2. The van der Waals surface area contributed by atoms with E-state index >= 15 is 0 Å². The second-order valence-corrected chi connectivity index (χ2v) is 5.73. The maximum Gasteiger partial charge on any atom is 0.164 e. The van der Waals surface area contributed by atoms with Gasteiger partial charge in [-0.1, -0.05) is 29.3 Å². The van der Waals surface area contributed by atoms with Crippen LogP contribution >= 0.6 is 23.2 Å². The minimum atomic E-state index is -0.381. The number of hydrogen-bond acceptors (Lipinski definition) is 2. The van der Waals surface area contributed by atoms with Gasteiger partial charge in [0.2, 0.25) is 0 Å². The van der Waals surface area contributed by atoms with E-state index in [4.69, 9.17) is 23.2 Å². The monoisotopic (exact) mass is 320 g/mol. The van der Waals surface area contributed by atoms with Crippen molar-refractivity contribution in [2.45, 2.75) is 13.8 Å². The third-order valence-electron chi connectivity index (χ3n) is 3.22. The molecule has 0 bridgehead atoms. The molecule has 1 aromatic heterocycles. The van der Waals surface area contributed by atoms with Gasteiger partial charge in [-0.3, -0.25) is 0 Å². The van der Waals surface area contributed by atoms with E-state index in [-0.39, 0.29) is 16.8 Å². The predicted octanol–water partition coefficient (Wildman–Crippen LogP) is 5.36. The SMILES string of the molecule is Cc1ccc(-c2nc(Cl)c3cc(C)cc(Cl)c3n2)c(F)c1. The summed E-state index contributed by atoms with van der Waals surface area (Å²) in [5, 5.41) is 1.40. The summed E-state index contributed by atoms with van der Waals surface area (Å²) in [7, 11) is 0. The standard InChI is InChI=1S/C16H11Cl2FN2/c1-8-3-4-10(13(19)7-8)16-20-14-11(15(18)21-16)5-9(2)6-12(14)17/h3-7H,1-2H3. The number of nitrogens with zero attached hydrogens (tertiary/aromatic N) is 2. The van der Waals surface area contributed by atoms with Gasteiger partial charge < -0.3 is 0 Å². The molecule has 0 unspecified atom stereocenters. The van der Waals surface area contributed by atoms with E-state index in [2.05, 4.69) is 9.97 Å². The van der Waals surface area contributed by atoms with Crippen molar-refractivity contribution in [1.29, 1.82) is 0 Å². The van der Waals surface area contributed by atoms with Crippen molar-refractivity contribution in [2.24, 2.45) is 0 Å². The molecule has 106 valence electrons. The molecule has 0 aliphatic heterocycles. The van der Waals surface area contributed by atoms with Gasteiger partial charge in [0.1, 0.15) is 11.0 Å². The molecule has 0 spiro atoms. The Balaban J connectivity index is 2.30. The molecule has 5 heteroatoms. The Kier molecular flexibility index (Phi) is 3.56. The Morgan fingerprint density at radius 2 is 1.71 bits per heavy atom. The van der Waals surface area contributed by atoms with E-state index in [1.54, 1.807) is 18.2 Å². The first kappa shape index (κ1) is 14.2. The van der Waals surface area contributed by atoms with Gasteiger partial charge >= 0.3 is 0 Å². The molecule has 0 amide bonds. The van der Waals surface area contributed by atoms with E-state index < -0.39 is 0 Å². The molecule has 2 aromatic carbocycles. The van der Waals surface area contributed by atoms with Crippen LogP contribution in [0.1, 0.15) is 11.1 Å². The number of halogens is 3. The molecule has 3 aromatic rings. The highest BCUT2D eigenvalue weighted by Crippen LogP contribution is 2.31. The molecule has 0 fully saturated rings. The van der Waals surface area contributed by atoms with E-state index in [9.17, 15) is 4.39 Å². The number of fused-ring (bicyclic) bond motifs is 1. The van der Waals surface area contributed by atoms with Crippen molar-refractivity contribution in [3.8, 4) is 11.4 Å². The van der Waals surface area contributed by atoms with Gasteiger partial charge in [0.15, 0.2) is 5.82 Å². The molecule has 0 radical (unpaired) electrons. The van der Waals surface area contributed by atoms with Gasteiger partial charge in [-0.05, 0) is 49.2 Å². The topological polar surface area (TPSA) is 25.8 Å². The summed E-state index contributed by atoms with van der Waals surface area (Å²) in [4.78, 5) is 8.57. The van der Waals surface area contributed by atoms with Crippen molar-refractivity contribution in [2.75, 3.05) is 0 Å². The van der Waals surface area contributed by atoms with Crippen LogP contribution in [0.4, 0.5) is 4.39 Å². The highest BCUT2D eigenvalue weighted by molar-refractivity contribution is 6.38. The fourth-order valence-corrected chi connectivity index (χ4v) is 2.75. The average Bonchev–Trinajstić information content (AvgIpc) is 2.40. The lowest BCUT2D eigenvalue weighted by Gasteiger charge is -2.08. The Morgan fingerprint density at radius 1 is 0.952 bits per heavy atom. The van der Waals surface area contributed by atoms with Crippen molar-refractivity contribution in [1.82, 2.24) is 9.97 Å². The van der Waals surface area contributed by atoms with Crippen LogP contribution in [0.15, 0.2) is 30.3 Å². The molecule has 0 atom stereocenters. The lowest BCUT2D eigenvalue weighted by molar-refractivity contribution is 0.629. The third kappa shape index (κ3) is 2.59. The zero-order valence-electron chi connectivity index (χ0n) is 11.4. The lowest BCUT2D eigenvalue weighted by Crippen LogP contribution is -1.96. The maximum atomic E-state index is 14.1. The minimum Gasteiger partial charge on any atom is -0.226 e. The summed E-state index contributed by atoms with van der Waals surface area (Å²) >= 11 is 12.4. The van der Waals surface area contributed by atoms with Crippen LogP contribution in [0.3, 0.4) is 0 Å². The molecule has 0 aliphatic rings. The van der Waals surface area contributed by atoms with Crippen molar-refractivity contribution in [3.05, 3.63) is 57.5 Å². The lowest BCUT2D eigenvalue weighted by atomic mass is 10.1. The Labute approximate surface area is 131 Å². The molecule has 2 nitrogen and oxygen atoms in total. The fourth-order valence-electron chi connectivity index (χ4n) is 2.21. The van der Waals surface area contributed by atoms with Crippen molar-refractivity contribution >= 4 is 34.1 Å². The van der Waals surface area contributed by atoms with Crippen molar-refractivity contribution < 1.29 is 4.39 Å². The zero-order chi connectivity index (χ0) is 15.1. The van der Waals surface area contributed by atoms with E-state index in [1.807, 2.05) is 19.9 Å². The van der Waals surface area contributed by atoms with Crippen LogP contribution in [0, 0.1) is 19.7 Å². The smallest absolute Gasteiger partial charge is 0.164 e. The van der Waals surface area contributed by atoms with Gasteiger partial charge in [0.05, 0.1) is 16.1 Å². The molecule has 0 N–H and O–H groups in total. The van der Waals surface area contributed by atoms with Crippen LogP contribution < -0.4 is 0 Å². The number of aryl methyl sites for hydroxylation is 2. The predicted molar refractivity (Wildman–Crippen MR) is 84.4 cm³/mol. The Bertz CT molecular complexity index is 863. The Morgan fingerprint density at radius 3 is 2.43 bits per heavy atom. The summed E-state index contributed by atoms with van der Waals surface area (Å²) in [6.07, 6.45) is 0. The molecule has 21 heavy (non-hydrogen) atoms. The van der Waals surface area contributed by atoms with Crippen LogP contribution in [0.25, 0.3) is 22.3 Å². The largest absolute Gasteiger partial charge is 0.226 e. The second kappa shape index (κ2) is 5.24. The van der Waals surface area contributed by atoms with Crippen LogP contribution in [-0.2, 0) is 0 Å². The normalized spacial score (nSPS) is 11.1. The first-order valence-electron chi connectivity index (χ1n) is 6.35. The Hall–Kier alpha value is -1.71. The second-order valence-electron chi connectivity index (χ2n) is 4.96. The molecular weight excluding hydrogens is 310 g/mol.